The zero-order valence-electron chi connectivity index (χ0n) is 13.1. The molecule has 23 heavy (non-hydrogen) atoms. The summed E-state index contributed by atoms with van der Waals surface area (Å²) in [7, 11) is -5.55. The first kappa shape index (κ1) is 18.1. The summed E-state index contributed by atoms with van der Waals surface area (Å²) in [5, 5.41) is 0. The van der Waals surface area contributed by atoms with Crippen LogP contribution in [0.5, 0.6) is 0 Å². The van der Waals surface area contributed by atoms with Crippen molar-refractivity contribution in [3.05, 3.63) is 12.3 Å². The molecule has 8 nitrogen and oxygen atoms in total. The van der Waals surface area contributed by atoms with Crippen molar-refractivity contribution in [3.63, 3.8) is 0 Å². The smallest absolute Gasteiger partial charge is 0.295 e. The van der Waals surface area contributed by atoms with Crippen molar-refractivity contribution in [2.45, 2.75) is 31.2 Å². The third-order valence-electron chi connectivity index (χ3n) is 3.69. The highest BCUT2D eigenvalue weighted by molar-refractivity contribution is 7.90. The Morgan fingerprint density at radius 1 is 1.30 bits per heavy atom. The quantitative estimate of drug-likeness (QED) is 0.667. The molecule has 0 aromatic rings. The molecule has 2 aliphatic rings. The lowest BCUT2D eigenvalue weighted by atomic mass is 9.89. The van der Waals surface area contributed by atoms with Gasteiger partial charge in [0.25, 0.3) is 20.1 Å². The molecule has 130 valence electrons. The second kappa shape index (κ2) is 7.10. The highest BCUT2D eigenvalue weighted by Crippen LogP contribution is 2.25. The van der Waals surface area contributed by atoms with Crippen molar-refractivity contribution >= 4 is 32.1 Å². The maximum atomic E-state index is 12.3. The molecule has 1 atom stereocenters. The summed E-state index contributed by atoms with van der Waals surface area (Å²) in [6.45, 7) is 0.138. The molecular formula is C13H21N3O5S2. The highest BCUT2D eigenvalue weighted by atomic mass is 32.2. The van der Waals surface area contributed by atoms with Crippen LogP contribution in [-0.4, -0.2) is 59.1 Å². The number of nitrogens with zero attached hydrogens (tertiary/aromatic N) is 3. The SMILES string of the molecule is CN1C=CC=NC1S(=O)(=O)N=C1CCC(COS(C)(=O)=O)CC1. The lowest BCUT2D eigenvalue weighted by Gasteiger charge is -2.25. The van der Waals surface area contributed by atoms with Crippen molar-refractivity contribution in [3.8, 4) is 0 Å². The van der Waals surface area contributed by atoms with Gasteiger partial charge >= 0.3 is 0 Å². The van der Waals surface area contributed by atoms with Crippen LogP contribution < -0.4 is 0 Å². The Balaban J connectivity index is 1.95. The molecule has 10 heteroatoms. The van der Waals surface area contributed by atoms with E-state index < -0.39 is 25.6 Å². The minimum Gasteiger partial charge on any atom is -0.345 e. The first-order valence-electron chi connectivity index (χ1n) is 7.25. The van der Waals surface area contributed by atoms with Crippen molar-refractivity contribution in [1.29, 1.82) is 0 Å². The zero-order chi connectivity index (χ0) is 17.1. The predicted molar refractivity (Wildman–Crippen MR) is 88.3 cm³/mol. The Morgan fingerprint density at radius 3 is 2.52 bits per heavy atom. The van der Waals surface area contributed by atoms with E-state index >= 15 is 0 Å². The van der Waals surface area contributed by atoms with Gasteiger partial charge in [-0.15, -0.1) is 0 Å². The number of aliphatic imine (C=N–C) groups is 1. The van der Waals surface area contributed by atoms with Crippen LogP contribution in [0.25, 0.3) is 0 Å². The van der Waals surface area contributed by atoms with Gasteiger partial charge in [-0.2, -0.15) is 12.8 Å². The average molecular weight is 363 g/mol. The van der Waals surface area contributed by atoms with E-state index in [9.17, 15) is 16.8 Å². The monoisotopic (exact) mass is 363 g/mol. The number of hydrogen-bond donors (Lipinski definition) is 0. The number of rotatable bonds is 5. The molecule has 0 spiro atoms. The highest BCUT2D eigenvalue weighted by Gasteiger charge is 2.29. The van der Waals surface area contributed by atoms with Gasteiger partial charge in [0.1, 0.15) is 0 Å². The van der Waals surface area contributed by atoms with E-state index in [1.54, 1.807) is 19.3 Å². The summed E-state index contributed by atoms with van der Waals surface area (Å²) in [5.74, 6) is 0.102. The first-order valence-corrected chi connectivity index (χ1v) is 10.6. The van der Waals surface area contributed by atoms with Crippen LogP contribution in [0.2, 0.25) is 0 Å². The lowest BCUT2D eigenvalue weighted by Crippen LogP contribution is -2.34. The normalized spacial score (nSPS) is 25.7. The number of sulfonamides is 1. The van der Waals surface area contributed by atoms with Crippen LogP contribution in [0.4, 0.5) is 0 Å². The van der Waals surface area contributed by atoms with Gasteiger partial charge in [0.15, 0.2) is 0 Å². The fraction of sp³-hybridized carbons (Fsp3) is 0.692. The molecule has 1 unspecified atom stereocenters. The fourth-order valence-corrected chi connectivity index (χ4v) is 4.27. The predicted octanol–water partition coefficient (Wildman–Crippen LogP) is 0.737. The van der Waals surface area contributed by atoms with Crippen LogP contribution in [0, 0.1) is 5.92 Å². The summed E-state index contributed by atoms with van der Waals surface area (Å²) in [4.78, 5) is 5.44. The van der Waals surface area contributed by atoms with E-state index in [0.717, 1.165) is 6.26 Å². The molecule has 0 bridgehead atoms. The van der Waals surface area contributed by atoms with Crippen LogP contribution >= 0.6 is 0 Å². The molecule has 1 aliphatic carbocycles. The summed E-state index contributed by atoms with van der Waals surface area (Å²) in [6, 6.07) is 0. The number of allylic oxidation sites excluding steroid dienone is 1. The van der Waals surface area contributed by atoms with E-state index in [0.29, 0.717) is 31.4 Å². The molecule has 0 aromatic carbocycles. The molecule has 1 aliphatic heterocycles. The van der Waals surface area contributed by atoms with E-state index in [2.05, 4.69) is 9.39 Å². The maximum Gasteiger partial charge on any atom is 0.295 e. The second-order valence-corrected chi connectivity index (χ2v) is 9.01. The first-order chi connectivity index (χ1) is 10.7. The minimum atomic E-state index is -3.75. The third-order valence-corrected chi connectivity index (χ3v) is 5.76. The summed E-state index contributed by atoms with van der Waals surface area (Å²) in [6.07, 6.45) is 8.12. The van der Waals surface area contributed by atoms with Gasteiger partial charge in [-0.05, 0) is 37.7 Å². The van der Waals surface area contributed by atoms with Gasteiger partial charge in [0, 0.05) is 25.2 Å². The molecule has 2 rings (SSSR count). The van der Waals surface area contributed by atoms with E-state index in [1.807, 2.05) is 0 Å². The van der Waals surface area contributed by atoms with Gasteiger partial charge in [-0.25, -0.2) is 8.42 Å². The fourth-order valence-electron chi connectivity index (χ4n) is 2.48. The molecular weight excluding hydrogens is 342 g/mol. The van der Waals surface area contributed by atoms with Crippen LogP contribution in [0.1, 0.15) is 25.7 Å². The summed E-state index contributed by atoms with van der Waals surface area (Å²) < 4.78 is 55.3. The van der Waals surface area contributed by atoms with Crippen molar-refractivity contribution in [1.82, 2.24) is 4.90 Å². The standard InChI is InChI=1S/C13H21N3O5S2/c1-16-9-3-8-14-13(16)23(19,20)15-12-6-4-11(5-7-12)10-21-22(2,17)18/h3,8-9,11,13H,4-7,10H2,1-2H3. The summed E-state index contributed by atoms with van der Waals surface area (Å²) in [5.41, 5.74) is -0.412. The molecule has 0 radical (unpaired) electrons. The van der Waals surface area contributed by atoms with Gasteiger partial charge in [-0.3, -0.25) is 9.18 Å². The molecule has 0 saturated heterocycles. The van der Waals surface area contributed by atoms with Crippen molar-refractivity contribution < 1.29 is 21.0 Å². The molecule has 0 amide bonds. The van der Waals surface area contributed by atoms with E-state index in [4.69, 9.17) is 4.18 Å². The van der Waals surface area contributed by atoms with E-state index in [1.165, 1.54) is 11.1 Å². The lowest BCUT2D eigenvalue weighted by molar-refractivity contribution is 0.237. The van der Waals surface area contributed by atoms with Gasteiger partial charge in [-0.1, -0.05) is 0 Å². The Bertz CT molecular complexity index is 715. The molecule has 1 saturated carbocycles. The van der Waals surface area contributed by atoms with Crippen molar-refractivity contribution in [2.75, 3.05) is 19.9 Å². The molecule has 0 aromatic heterocycles. The maximum absolute atomic E-state index is 12.3. The molecule has 1 heterocycles. The Hall–Kier alpha value is -1.26. The zero-order valence-corrected chi connectivity index (χ0v) is 14.8. The van der Waals surface area contributed by atoms with Gasteiger partial charge < -0.3 is 4.90 Å². The van der Waals surface area contributed by atoms with Gasteiger partial charge in [0.05, 0.1) is 12.9 Å². The minimum absolute atomic E-state index is 0.102. The largest absolute Gasteiger partial charge is 0.345 e. The van der Waals surface area contributed by atoms with Crippen molar-refractivity contribution in [2.24, 2.45) is 15.3 Å². The molecule has 0 N–H and O–H groups in total. The van der Waals surface area contributed by atoms with Crippen LogP contribution in [0.15, 0.2) is 21.7 Å². The van der Waals surface area contributed by atoms with Crippen LogP contribution in [-0.2, 0) is 24.3 Å². The Labute approximate surface area is 137 Å². The van der Waals surface area contributed by atoms with E-state index in [-0.39, 0.29) is 12.5 Å². The Morgan fingerprint density at radius 2 is 1.96 bits per heavy atom. The second-order valence-electron chi connectivity index (χ2n) is 5.74. The Kier molecular flexibility index (Phi) is 5.58. The van der Waals surface area contributed by atoms with Gasteiger partial charge in [0.2, 0.25) is 5.50 Å². The summed E-state index contributed by atoms with van der Waals surface area (Å²) >= 11 is 0. The third kappa shape index (κ3) is 5.40. The average Bonchev–Trinajstić information content (AvgIpc) is 2.45. The topological polar surface area (TPSA) is 105 Å². The van der Waals surface area contributed by atoms with Crippen LogP contribution in [0.3, 0.4) is 0 Å². The molecule has 1 fully saturated rings. The number of hydrogen-bond acceptors (Lipinski definition) is 7.